The van der Waals surface area contributed by atoms with Crippen LogP contribution in [0.1, 0.15) is 11.1 Å². The smallest absolute Gasteiger partial charge is 0.0992 e. The second-order valence-electron chi connectivity index (χ2n) is 4.64. The zero-order chi connectivity index (χ0) is 14.1. The van der Waals surface area contributed by atoms with Gasteiger partial charge in [0, 0.05) is 28.0 Å². The van der Waals surface area contributed by atoms with Gasteiger partial charge in [-0.25, -0.2) is 0 Å². The third-order valence-electron chi connectivity index (χ3n) is 3.39. The van der Waals surface area contributed by atoms with Gasteiger partial charge in [0.15, 0.2) is 0 Å². The molecule has 0 unspecified atom stereocenters. The van der Waals surface area contributed by atoms with Crippen LogP contribution in [0.2, 0.25) is 5.02 Å². The monoisotopic (exact) mass is 281 g/mol. The van der Waals surface area contributed by atoms with E-state index in [1.54, 1.807) is 0 Å². The van der Waals surface area contributed by atoms with Gasteiger partial charge in [0.1, 0.15) is 0 Å². The summed E-state index contributed by atoms with van der Waals surface area (Å²) >= 11 is 6.21. The second kappa shape index (κ2) is 4.92. The van der Waals surface area contributed by atoms with Crippen LogP contribution in [-0.2, 0) is 6.54 Å². The Morgan fingerprint density at radius 3 is 2.80 bits per heavy atom. The maximum Gasteiger partial charge on any atom is 0.0992 e. The molecule has 0 atom stereocenters. The maximum absolute atomic E-state index is 9.00. The first kappa shape index (κ1) is 12.6. The van der Waals surface area contributed by atoms with E-state index in [1.165, 1.54) is 0 Å². The summed E-state index contributed by atoms with van der Waals surface area (Å²) in [6.45, 7) is 0.587. The fourth-order valence-electron chi connectivity index (χ4n) is 2.30. The summed E-state index contributed by atoms with van der Waals surface area (Å²) in [5.74, 6) is 0. The van der Waals surface area contributed by atoms with Gasteiger partial charge in [0.05, 0.1) is 18.2 Å². The summed E-state index contributed by atoms with van der Waals surface area (Å²) < 4.78 is 2.05. The fraction of sp³-hybridized carbons (Fsp3) is 0.0625. The van der Waals surface area contributed by atoms with Crippen molar-refractivity contribution in [1.29, 1.82) is 5.26 Å². The van der Waals surface area contributed by atoms with E-state index in [2.05, 4.69) is 6.07 Å². The van der Waals surface area contributed by atoms with E-state index in [4.69, 9.17) is 22.6 Å². The number of nitrogens with zero attached hydrogens (tertiary/aromatic N) is 2. The zero-order valence-electron chi connectivity index (χ0n) is 10.7. The molecule has 3 aromatic rings. The van der Waals surface area contributed by atoms with Gasteiger partial charge in [-0.3, -0.25) is 0 Å². The summed E-state index contributed by atoms with van der Waals surface area (Å²) in [4.78, 5) is 0. The standard InChI is InChI=1S/C16H12ClN3/c17-14-2-1-3-15(19)13(14)10-20-7-6-12-5-4-11(9-18)8-16(12)20/h1-8H,10,19H2. The Balaban J connectivity index is 2.09. The van der Waals surface area contributed by atoms with Crippen molar-refractivity contribution < 1.29 is 0 Å². The topological polar surface area (TPSA) is 54.7 Å². The second-order valence-corrected chi connectivity index (χ2v) is 5.04. The molecule has 1 aromatic heterocycles. The Labute approximate surface area is 121 Å². The molecule has 3 rings (SSSR count). The van der Waals surface area contributed by atoms with E-state index in [1.807, 2.05) is 53.2 Å². The molecular formula is C16H12ClN3. The number of fused-ring (bicyclic) bond motifs is 1. The van der Waals surface area contributed by atoms with Crippen LogP contribution in [0.4, 0.5) is 5.69 Å². The molecule has 0 bridgehead atoms. The Morgan fingerprint density at radius 1 is 1.20 bits per heavy atom. The Bertz CT molecular complexity index is 807. The minimum Gasteiger partial charge on any atom is -0.398 e. The van der Waals surface area contributed by atoms with Crippen LogP contribution in [-0.4, -0.2) is 4.57 Å². The summed E-state index contributed by atoms with van der Waals surface area (Å²) in [5, 5.41) is 10.8. The van der Waals surface area contributed by atoms with Crippen molar-refractivity contribution in [1.82, 2.24) is 4.57 Å². The first-order valence-electron chi connectivity index (χ1n) is 6.21. The van der Waals surface area contributed by atoms with Gasteiger partial charge in [0.2, 0.25) is 0 Å². The lowest BCUT2D eigenvalue weighted by atomic mass is 10.1. The molecule has 0 aliphatic rings. The Morgan fingerprint density at radius 2 is 2.05 bits per heavy atom. The van der Waals surface area contributed by atoms with Crippen molar-refractivity contribution in [2.24, 2.45) is 0 Å². The molecule has 0 aliphatic heterocycles. The van der Waals surface area contributed by atoms with Crippen molar-refractivity contribution in [3.63, 3.8) is 0 Å². The predicted octanol–water partition coefficient (Wildman–Crippen LogP) is 3.80. The van der Waals surface area contributed by atoms with Gasteiger partial charge >= 0.3 is 0 Å². The normalized spacial score (nSPS) is 10.6. The molecule has 4 heteroatoms. The number of hydrogen-bond acceptors (Lipinski definition) is 2. The largest absolute Gasteiger partial charge is 0.398 e. The SMILES string of the molecule is N#Cc1ccc2ccn(Cc3c(N)cccc3Cl)c2c1. The average molecular weight is 282 g/mol. The number of nitrogen functional groups attached to an aromatic ring is 1. The van der Waals surface area contributed by atoms with E-state index in [9.17, 15) is 0 Å². The first-order chi connectivity index (χ1) is 9.69. The van der Waals surface area contributed by atoms with Crippen molar-refractivity contribution >= 4 is 28.2 Å². The van der Waals surface area contributed by atoms with Crippen LogP contribution in [0.5, 0.6) is 0 Å². The highest BCUT2D eigenvalue weighted by Crippen LogP contribution is 2.25. The van der Waals surface area contributed by atoms with Crippen LogP contribution in [0.3, 0.4) is 0 Å². The van der Waals surface area contributed by atoms with Gasteiger partial charge in [-0.15, -0.1) is 0 Å². The number of rotatable bonds is 2. The van der Waals surface area contributed by atoms with Gasteiger partial charge in [-0.05, 0) is 35.7 Å². The van der Waals surface area contributed by atoms with E-state index in [-0.39, 0.29) is 0 Å². The maximum atomic E-state index is 9.00. The number of hydrogen-bond donors (Lipinski definition) is 1. The van der Waals surface area contributed by atoms with Gasteiger partial charge < -0.3 is 10.3 Å². The number of aromatic nitrogens is 1. The molecule has 1 heterocycles. The minimum absolute atomic E-state index is 0.587. The zero-order valence-corrected chi connectivity index (χ0v) is 11.4. The number of benzene rings is 2. The van der Waals surface area contributed by atoms with Gasteiger partial charge in [0.25, 0.3) is 0 Å². The number of halogens is 1. The van der Waals surface area contributed by atoms with Gasteiger partial charge in [-0.2, -0.15) is 5.26 Å². The summed E-state index contributed by atoms with van der Waals surface area (Å²) in [6.07, 6.45) is 1.98. The molecule has 0 saturated carbocycles. The third kappa shape index (κ3) is 2.11. The van der Waals surface area contributed by atoms with Crippen LogP contribution >= 0.6 is 11.6 Å². The van der Waals surface area contributed by atoms with Crippen LogP contribution < -0.4 is 5.73 Å². The fourth-order valence-corrected chi connectivity index (χ4v) is 2.55. The molecule has 2 N–H and O–H groups in total. The van der Waals surface area contributed by atoms with E-state index in [0.29, 0.717) is 22.8 Å². The van der Waals surface area contributed by atoms with Gasteiger partial charge in [-0.1, -0.05) is 23.7 Å². The van der Waals surface area contributed by atoms with Crippen molar-refractivity contribution in [2.75, 3.05) is 5.73 Å². The molecule has 0 aliphatic carbocycles. The summed E-state index contributed by atoms with van der Waals surface area (Å²) in [6, 6.07) is 15.3. The average Bonchev–Trinajstić information content (AvgIpc) is 2.85. The van der Waals surface area contributed by atoms with E-state index in [0.717, 1.165) is 16.5 Å². The molecule has 20 heavy (non-hydrogen) atoms. The van der Waals surface area contributed by atoms with Crippen LogP contribution in [0, 0.1) is 11.3 Å². The lowest BCUT2D eigenvalue weighted by molar-refractivity contribution is 0.839. The number of anilines is 1. The lowest BCUT2D eigenvalue weighted by Gasteiger charge is -2.10. The molecule has 0 spiro atoms. The third-order valence-corrected chi connectivity index (χ3v) is 3.74. The molecule has 0 saturated heterocycles. The number of nitriles is 1. The molecule has 2 aromatic carbocycles. The predicted molar refractivity (Wildman–Crippen MR) is 81.6 cm³/mol. The number of nitrogens with two attached hydrogens (primary N) is 1. The van der Waals surface area contributed by atoms with Crippen LogP contribution in [0.25, 0.3) is 10.9 Å². The summed E-state index contributed by atoms with van der Waals surface area (Å²) in [7, 11) is 0. The molecule has 0 fully saturated rings. The van der Waals surface area contributed by atoms with Crippen molar-refractivity contribution in [3.8, 4) is 6.07 Å². The Kier molecular flexibility index (Phi) is 3.09. The quantitative estimate of drug-likeness (QED) is 0.727. The van der Waals surface area contributed by atoms with E-state index < -0.39 is 0 Å². The lowest BCUT2D eigenvalue weighted by Crippen LogP contribution is -2.02. The molecule has 98 valence electrons. The highest BCUT2D eigenvalue weighted by molar-refractivity contribution is 6.31. The van der Waals surface area contributed by atoms with Crippen molar-refractivity contribution in [3.05, 3.63) is 64.8 Å². The highest BCUT2D eigenvalue weighted by Gasteiger charge is 2.08. The Hall–Kier alpha value is -2.44. The van der Waals surface area contributed by atoms with Crippen molar-refractivity contribution in [2.45, 2.75) is 6.54 Å². The van der Waals surface area contributed by atoms with E-state index >= 15 is 0 Å². The molecule has 0 amide bonds. The molecular weight excluding hydrogens is 270 g/mol. The minimum atomic E-state index is 0.587. The van der Waals surface area contributed by atoms with Crippen LogP contribution in [0.15, 0.2) is 48.7 Å². The first-order valence-corrected chi connectivity index (χ1v) is 6.58. The highest BCUT2D eigenvalue weighted by atomic mass is 35.5. The summed E-state index contributed by atoms with van der Waals surface area (Å²) in [5.41, 5.74) is 9.21. The molecule has 0 radical (unpaired) electrons. The molecule has 3 nitrogen and oxygen atoms in total.